The maximum Gasteiger partial charge on any atom is 0.271 e. The average molecular weight is 432 g/mol. The largest absolute Gasteiger partial charge is 0.348 e. The van der Waals surface area contributed by atoms with Crippen molar-refractivity contribution in [3.05, 3.63) is 69.3 Å². The second kappa shape index (κ2) is 8.43. The number of nitrogens with one attached hydrogen (secondary N) is 1. The number of sulfonamides is 1. The molecule has 30 heavy (non-hydrogen) atoms. The maximum atomic E-state index is 12.9. The minimum absolute atomic E-state index is 0.0690. The fourth-order valence-corrected chi connectivity index (χ4v) is 5.00. The maximum absolute atomic E-state index is 12.9. The van der Waals surface area contributed by atoms with Crippen LogP contribution in [0.3, 0.4) is 0 Å². The smallest absolute Gasteiger partial charge is 0.271 e. The Labute approximate surface area is 176 Å². The SMILES string of the molecule is CC(NC(=O)C(C)N(c1cccc([N+](=O)[O-])c1)S(C)(=O)=O)c1ccc2c(c1)CCC2. The highest BCUT2D eigenvalue weighted by Crippen LogP contribution is 2.27. The van der Waals surface area contributed by atoms with Gasteiger partial charge in [0.05, 0.1) is 22.9 Å². The predicted octanol–water partition coefficient (Wildman–Crippen LogP) is 3.12. The summed E-state index contributed by atoms with van der Waals surface area (Å²) in [6.45, 7) is 3.31. The van der Waals surface area contributed by atoms with Crippen molar-refractivity contribution in [2.45, 2.75) is 45.2 Å². The van der Waals surface area contributed by atoms with Gasteiger partial charge in [0, 0.05) is 12.1 Å². The average Bonchev–Trinajstić information content (AvgIpc) is 3.14. The van der Waals surface area contributed by atoms with Crippen LogP contribution in [0.4, 0.5) is 11.4 Å². The Morgan fingerprint density at radius 1 is 1.13 bits per heavy atom. The summed E-state index contributed by atoms with van der Waals surface area (Å²) in [5.74, 6) is -0.486. The van der Waals surface area contributed by atoms with Crippen LogP contribution < -0.4 is 9.62 Å². The number of hydrogen-bond acceptors (Lipinski definition) is 5. The van der Waals surface area contributed by atoms with Crippen LogP contribution in [-0.4, -0.2) is 31.5 Å². The summed E-state index contributed by atoms with van der Waals surface area (Å²) in [5, 5.41) is 13.9. The van der Waals surface area contributed by atoms with Gasteiger partial charge in [-0.2, -0.15) is 0 Å². The molecule has 0 saturated carbocycles. The van der Waals surface area contributed by atoms with Crippen molar-refractivity contribution in [2.24, 2.45) is 0 Å². The Balaban J connectivity index is 1.82. The summed E-state index contributed by atoms with van der Waals surface area (Å²) >= 11 is 0. The molecule has 9 heteroatoms. The molecule has 160 valence electrons. The molecule has 0 heterocycles. The summed E-state index contributed by atoms with van der Waals surface area (Å²) in [6, 6.07) is 10.00. The molecule has 0 fully saturated rings. The van der Waals surface area contributed by atoms with E-state index in [0.717, 1.165) is 41.5 Å². The van der Waals surface area contributed by atoms with Crippen LogP contribution in [-0.2, 0) is 27.7 Å². The normalized spacial score (nSPS) is 15.2. The molecular weight excluding hydrogens is 406 g/mol. The lowest BCUT2D eigenvalue weighted by Gasteiger charge is -2.29. The van der Waals surface area contributed by atoms with E-state index in [9.17, 15) is 23.3 Å². The van der Waals surface area contributed by atoms with E-state index in [1.54, 1.807) is 0 Å². The summed E-state index contributed by atoms with van der Waals surface area (Å²) < 4.78 is 25.7. The van der Waals surface area contributed by atoms with Gasteiger partial charge in [0.25, 0.3) is 5.69 Å². The van der Waals surface area contributed by atoms with Gasteiger partial charge in [-0.1, -0.05) is 24.3 Å². The number of anilines is 1. The first-order valence-electron chi connectivity index (χ1n) is 9.74. The number of benzene rings is 2. The van der Waals surface area contributed by atoms with E-state index in [0.29, 0.717) is 0 Å². The van der Waals surface area contributed by atoms with E-state index in [2.05, 4.69) is 17.4 Å². The van der Waals surface area contributed by atoms with Crippen molar-refractivity contribution in [1.29, 1.82) is 0 Å². The van der Waals surface area contributed by atoms with Crippen molar-refractivity contribution in [3.63, 3.8) is 0 Å². The van der Waals surface area contributed by atoms with Crippen molar-refractivity contribution in [1.82, 2.24) is 5.32 Å². The number of nitro groups is 1. The van der Waals surface area contributed by atoms with Gasteiger partial charge in [0.1, 0.15) is 6.04 Å². The third kappa shape index (κ3) is 4.62. The molecule has 1 aliphatic carbocycles. The van der Waals surface area contributed by atoms with E-state index in [-0.39, 0.29) is 17.4 Å². The van der Waals surface area contributed by atoms with Crippen LogP contribution in [0.5, 0.6) is 0 Å². The molecule has 0 spiro atoms. The van der Waals surface area contributed by atoms with E-state index in [4.69, 9.17) is 0 Å². The lowest BCUT2D eigenvalue weighted by atomic mass is 10.0. The molecule has 2 unspecified atom stereocenters. The van der Waals surface area contributed by atoms with Crippen LogP contribution in [0.25, 0.3) is 0 Å². The standard InChI is InChI=1S/C21H25N3O5S/c1-14(17-11-10-16-6-4-7-18(16)12-17)22-21(25)15(2)23(30(3,28)29)19-8-5-9-20(13-19)24(26)27/h5,8-15H,4,6-7H2,1-3H3,(H,22,25). The number of fused-ring (bicyclic) bond motifs is 1. The molecule has 1 N–H and O–H groups in total. The number of carbonyl (C=O) groups excluding carboxylic acids is 1. The zero-order valence-corrected chi connectivity index (χ0v) is 18.0. The van der Waals surface area contributed by atoms with Gasteiger partial charge in [-0.05, 0) is 55.9 Å². The molecule has 2 aromatic rings. The topological polar surface area (TPSA) is 110 Å². The van der Waals surface area contributed by atoms with Gasteiger partial charge in [0.15, 0.2) is 0 Å². The number of rotatable bonds is 7. The minimum atomic E-state index is -3.86. The second-order valence-corrected chi connectivity index (χ2v) is 9.48. The highest BCUT2D eigenvalue weighted by molar-refractivity contribution is 7.92. The molecule has 2 atom stereocenters. The van der Waals surface area contributed by atoms with Crippen molar-refractivity contribution < 1.29 is 18.1 Å². The number of nitrogens with zero attached hydrogens (tertiary/aromatic N) is 2. The van der Waals surface area contributed by atoms with Crippen LogP contribution in [0.2, 0.25) is 0 Å². The van der Waals surface area contributed by atoms with Gasteiger partial charge in [-0.3, -0.25) is 19.2 Å². The predicted molar refractivity (Wildman–Crippen MR) is 115 cm³/mol. The molecule has 1 aliphatic rings. The Morgan fingerprint density at radius 3 is 2.50 bits per heavy atom. The Morgan fingerprint density at radius 2 is 1.83 bits per heavy atom. The third-order valence-corrected chi connectivity index (χ3v) is 6.61. The van der Waals surface area contributed by atoms with Crippen molar-refractivity contribution in [3.8, 4) is 0 Å². The first-order chi connectivity index (χ1) is 14.1. The lowest BCUT2D eigenvalue weighted by Crippen LogP contribution is -2.48. The fraction of sp³-hybridized carbons (Fsp3) is 0.381. The van der Waals surface area contributed by atoms with E-state index < -0.39 is 26.9 Å². The summed E-state index contributed by atoms with van der Waals surface area (Å²) in [7, 11) is -3.86. The van der Waals surface area contributed by atoms with Crippen LogP contribution in [0.15, 0.2) is 42.5 Å². The fourth-order valence-electron chi connectivity index (χ4n) is 3.83. The second-order valence-electron chi connectivity index (χ2n) is 7.62. The molecular formula is C21H25N3O5S. The Bertz CT molecular complexity index is 1080. The molecule has 0 aromatic heterocycles. The Hall–Kier alpha value is -2.94. The molecule has 3 rings (SSSR count). The van der Waals surface area contributed by atoms with E-state index >= 15 is 0 Å². The monoisotopic (exact) mass is 431 g/mol. The minimum Gasteiger partial charge on any atom is -0.348 e. The highest BCUT2D eigenvalue weighted by atomic mass is 32.2. The van der Waals surface area contributed by atoms with Gasteiger partial charge in [-0.25, -0.2) is 8.42 Å². The van der Waals surface area contributed by atoms with Gasteiger partial charge >= 0.3 is 0 Å². The zero-order chi connectivity index (χ0) is 22.1. The number of aryl methyl sites for hydroxylation is 2. The number of non-ortho nitro benzene ring substituents is 1. The van der Waals surface area contributed by atoms with Crippen LogP contribution in [0, 0.1) is 10.1 Å². The number of nitro benzene ring substituents is 1. The van der Waals surface area contributed by atoms with Crippen LogP contribution >= 0.6 is 0 Å². The van der Waals surface area contributed by atoms with E-state index in [1.807, 2.05) is 13.0 Å². The van der Waals surface area contributed by atoms with Gasteiger partial charge in [0.2, 0.25) is 15.9 Å². The van der Waals surface area contributed by atoms with E-state index in [1.165, 1.54) is 36.2 Å². The lowest BCUT2D eigenvalue weighted by molar-refractivity contribution is -0.384. The zero-order valence-electron chi connectivity index (χ0n) is 17.2. The van der Waals surface area contributed by atoms with Gasteiger partial charge in [-0.15, -0.1) is 0 Å². The van der Waals surface area contributed by atoms with Crippen LogP contribution in [0.1, 0.15) is 43.0 Å². The summed E-state index contributed by atoms with van der Waals surface area (Å²) in [4.78, 5) is 23.4. The summed E-state index contributed by atoms with van der Waals surface area (Å²) in [5.41, 5.74) is 3.40. The molecule has 0 aliphatic heterocycles. The summed E-state index contributed by atoms with van der Waals surface area (Å²) in [6.07, 6.45) is 4.19. The first kappa shape index (κ1) is 21.8. The van der Waals surface area contributed by atoms with Crippen molar-refractivity contribution >= 4 is 27.3 Å². The molecule has 0 saturated heterocycles. The highest BCUT2D eigenvalue weighted by Gasteiger charge is 2.31. The number of amides is 1. The molecule has 2 aromatic carbocycles. The molecule has 8 nitrogen and oxygen atoms in total. The Kier molecular flexibility index (Phi) is 6.12. The number of hydrogen-bond donors (Lipinski definition) is 1. The number of carbonyl (C=O) groups is 1. The molecule has 1 amide bonds. The van der Waals surface area contributed by atoms with Crippen molar-refractivity contribution in [2.75, 3.05) is 10.6 Å². The van der Waals surface area contributed by atoms with Gasteiger partial charge < -0.3 is 5.32 Å². The molecule has 0 radical (unpaired) electrons. The third-order valence-electron chi connectivity index (χ3n) is 5.36. The molecule has 0 bridgehead atoms. The quantitative estimate of drug-likeness (QED) is 0.535. The first-order valence-corrected chi connectivity index (χ1v) is 11.6.